The summed E-state index contributed by atoms with van der Waals surface area (Å²) in [7, 11) is 0. The van der Waals surface area contributed by atoms with Gasteiger partial charge in [0.15, 0.2) is 0 Å². The van der Waals surface area contributed by atoms with Crippen LogP contribution in [0.25, 0.3) is 0 Å². The third-order valence-corrected chi connectivity index (χ3v) is 4.70. The van der Waals surface area contributed by atoms with Crippen molar-refractivity contribution in [2.45, 2.75) is 116 Å². The number of aliphatic carboxylic acids is 2. The van der Waals surface area contributed by atoms with Crippen molar-refractivity contribution in [2.75, 3.05) is 6.54 Å². The van der Waals surface area contributed by atoms with Crippen molar-refractivity contribution in [3.63, 3.8) is 0 Å². The third-order valence-electron chi connectivity index (χ3n) is 4.70. The molecule has 6 nitrogen and oxygen atoms in total. The van der Waals surface area contributed by atoms with Crippen molar-refractivity contribution in [2.24, 2.45) is 11.5 Å². The van der Waals surface area contributed by atoms with E-state index in [9.17, 15) is 9.59 Å². The first-order chi connectivity index (χ1) is 14.0. The summed E-state index contributed by atoms with van der Waals surface area (Å²) in [6.07, 6.45) is 23.7. The lowest BCUT2D eigenvalue weighted by molar-refractivity contribution is -0.139. The summed E-state index contributed by atoms with van der Waals surface area (Å²) in [4.78, 5) is 19.9. The third kappa shape index (κ3) is 28.9. The number of allylic oxidation sites excluding steroid dienone is 2. The zero-order chi connectivity index (χ0) is 22.2. The molecule has 0 fully saturated rings. The predicted molar refractivity (Wildman–Crippen MR) is 121 cm³/mol. The fourth-order valence-corrected chi connectivity index (χ4v) is 2.79. The molecule has 0 aliphatic heterocycles. The van der Waals surface area contributed by atoms with Gasteiger partial charge in [-0.05, 0) is 45.1 Å². The summed E-state index contributed by atoms with van der Waals surface area (Å²) in [6, 6.07) is -1.06. The van der Waals surface area contributed by atoms with Crippen LogP contribution in [0.5, 0.6) is 0 Å². The molecule has 0 saturated heterocycles. The number of nitrogens with two attached hydrogens (primary N) is 2. The first-order valence-electron chi connectivity index (χ1n) is 11.5. The van der Waals surface area contributed by atoms with Crippen LogP contribution < -0.4 is 11.5 Å². The van der Waals surface area contributed by atoms with Gasteiger partial charge in [0.1, 0.15) is 6.04 Å². The number of carbonyl (C=O) groups is 2. The van der Waals surface area contributed by atoms with Gasteiger partial charge in [-0.3, -0.25) is 9.59 Å². The molecular weight excluding hydrogens is 368 g/mol. The van der Waals surface area contributed by atoms with Crippen molar-refractivity contribution in [3.05, 3.63) is 12.2 Å². The van der Waals surface area contributed by atoms with E-state index in [0.29, 0.717) is 0 Å². The summed E-state index contributed by atoms with van der Waals surface area (Å²) >= 11 is 0. The van der Waals surface area contributed by atoms with Gasteiger partial charge < -0.3 is 21.7 Å². The highest BCUT2D eigenvalue weighted by atomic mass is 16.4. The van der Waals surface area contributed by atoms with Crippen molar-refractivity contribution in [1.82, 2.24) is 0 Å². The number of unbranched alkanes of at least 4 members (excludes halogenated alkanes) is 12. The largest absolute Gasteiger partial charge is 0.481 e. The number of hydrogen-bond donors (Lipinski definition) is 4. The SMILES string of the molecule is CCCCCCCC/C=C\CCCCCCCCN.NC(CCC(=O)O)C(=O)O. The molecule has 0 rings (SSSR count). The Morgan fingerprint density at radius 3 is 1.66 bits per heavy atom. The highest BCUT2D eigenvalue weighted by Gasteiger charge is 2.12. The van der Waals surface area contributed by atoms with Crippen LogP contribution in [0.3, 0.4) is 0 Å². The van der Waals surface area contributed by atoms with Gasteiger partial charge >= 0.3 is 11.9 Å². The van der Waals surface area contributed by atoms with Gasteiger partial charge in [-0.25, -0.2) is 0 Å². The minimum absolute atomic E-state index is 0.0231. The highest BCUT2D eigenvalue weighted by Crippen LogP contribution is 2.09. The summed E-state index contributed by atoms with van der Waals surface area (Å²) < 4.78 is 0. The minimum Gasteiger partial charge on any atom is -0.481 e. The van der Waals surface area contributed by atoms with Gasteiger partial charge in [-0.1, -0.05) is 76.9 Å². The van der Waals surface area contributed by atoms with E-state index in [4.69, 9.17) is 21.7 Å². The summed E-state index contributed by atoms with van der Waals surface area (Å²) in [5, 5.41) is 16.3. The second kappa shape index (κ2) is 24.6. The van der Waals surface area contributed by atoms with E-state index in [-0.39, 0.29) is 12.8 Å². The Bertz CT molecular complexity index is 400. The van der Waals surface area contributed by atoms with E-state index in [1.807, 2.05) is 0 Å². The van der Waals surface area contributed by atoms with Crippen LogP contribution in [-0.2, 0) is 9.59 Å². The molecule has 0 aromatic carbocycles. The maximum Gasteiger partial charge on any atom is 0.320 e. The number of carboxylic acid groups (broad SMARTS) is 2. The molecule has 0 amide bonds. The van der Waals surface area contributed by atoms with Gasteiger partial charge in [0.05, 0.1) is 0 Å². The maximum atomic E-state index is 9.99. The van der Waals surface area contributed by atoms with E-state index in [1.54, 1.807) is 0 Å². The Labute approximate surface area is 178 Å². The molecule has 29 heavy (non-hydrogen) atoms. The average molecular weight is 415 g/mol. The van der Waals surface area contributed by atoms with Crippen molar-refractivity contribution in [3.8, 4) is 0 Å². The van der Waals surface area contributed by atoms with E-state index < -0.39 is 18.0 Å². The average Bonchev–Trinajstić information content (AvgIpc) is 2.69. The Balaban J connectivity index is 0. The number of carboxylic acids is 2. The van der Waals surface area contributed by atoms with Crippen LogP contribution in [0.4, 0.5) is 0 Å². The molecule has 172 valence electrons. The molecule has 0 spiro atoms. The smallest absolute Gasteiger partial charge is 0.320 e. The van der Waals surface area contributed by atoms with Crippen LogP contribution in [0, 0.1) is 0 Å². The molecule has 0 aromatic heterocycles. The molecule has 0 saturated carbocycles. The van der Waals surface area contributed by atoms with E-state index in [2.05, 4.69) is 19.1 Å². The molecule has 0 heterocycles. The van der Waals surface area contributed by atoms with Crippen molar-refractivity contribution in [1.29, 1.82) is 0 Å². The standard InChI is InChI=1S/C18H37N.C5H9NO4/c1-2-3-4-5-6-7-8-9-10-11-12-13-14-15-16-17-18-19;6-3(5(9)10)1-2-4(7)8/h9-10H,2-8,11-19H2,1H3;3H,1-2,6H2,(H,7,8)(H,9,10)/b10-9-;. The van der Waals surface area contributed by atoms with E-state index in [1.165, 1.54) is 89.9 Å². The maximum absolute atomic E-state index is 9.99. The van der Waals surface area contributed by atoms with Crippen LogP contribution >= 0.6 is 0 Å². The van der Waals surface area contributed by atoms with Gasteiger partial charge in [-0.2, -0.15) is 0 Å². The number of rotatable bonds is 19. The number of hydrogen-bond acceptors (Lipinski definition) is 4. The molecule has 1 atom stereocenters. The molecule has 6 N–H and O–H groups in total. The van der Waals surface area contributed by atoms with Gasteiger partial charge in [0.25, 0.3) is 0 Å². The normalized spacial score (nSPS) is 11.8. The summed E-state index contributed by atoms with van der Waals surface area (Å²) in [5.74, 6) is -2.20. The second-order valence-electron chi connectivity index (χ2n) is 7.60. The van der Waals surface area contributed by atoms with Crippen molar-refractivity contribution >= 4 is 11.9 Å². The van der Waals surface area contributed by atoms with Gasteiger partial charge in [0, 0.05) is 6.42 Å². The fourth-order valence-electron chi connectivity index (χ4n) is 2.79. The molecule has 0 radical (unpaired) electrons. The molecule has 6 heteroatoms. The Morgan fingerprint density at radius 2 is 1.24 bits per heavy atom. The Hall–Kier alpha value is -1.40. The molecule has 0 aliphatic rings. The first-order valence-corrected chi connectivity index (χ1v) is 11.5. The van der Waals surface area contributed by atoms with Gasteiger partial charge in [0.2, 0.25) is 0 Å². The summed E-state index contributed by atoms with van der Waals surface area (Å²) in [5.41, 5.74) is 10.5. The fraction of sp³-hybridized carbons (Fsp3) is 0.826. The van der Waals surface area contributed by atoms with E-state index >= 15 is 0 Å². The summed E-state index contributed by atoms with van der Waals surface area (Å²) in [6.45, 7) is 3.14. The molecular formula is C23H46N2O4. The van der Waals surface area contributed by atoms with Crippen LogP contribution in [0.1, 0.15) is 110 Å². The topological polar surface area (TPSA) is 127 Å². The molecule has 0 aliphatic carbocycles. The zero-order valence-electron chi connectivity index (χ0n) is 18.6. The zero-order valence-corrected chi connectivity index (χ0v) is 18.6. The Morgan fingerprint density at radius 1 is 0.793 bits per heavy atom. The first kappa shape index (κ1) is 29.8. The quantitative estimate of drug-likeness (QED) is 0.169. The predicted octanol–water partition coefficient (Wildman–Crippen LogP) is 5.25. The monoisotopic (exact) mass is 414 g/mol. The minimum atomic E-state index is -1.17. The molecule has 0 aromatic rings. The Kier molecular flexibility index (Phi) is 25.3. The second-order valence-corrected chi connectivity index (χ2v) is 7.60. The van der Waals surface area contributed by atoms with Crippen LogP contribution in [0.15, 0.2) is 12.2 Å². The van der Waals surface area contributed by atoms with Crippen molar-refractivity contribution < 1.29 is 19.8 Å². The lowest BCUT2D eigenvalue weighted by Crippen LogP contribution is -2.30. The molecule has 0 bridgehead atoms. The highest BCUT2D eigenvalue weighted by molar-refractivity contribution is 5.74. The molecule has 1 unspecified atom stereocenters. The van der Waals surface area contributed by atoms with Crippen LogP contribution in [-0.4, -0.2) is 34.7 Å². The van der Waals surface area contributed by atoms with Crippen LogP contribution in [0.2, 0.25) is 0 Å². The van der Waals surface area contributed by atoms with Gasteiger partial charge in [-0.15, -0.1) is 0 Å². The lowest BCUT2D eigenvalue weighted by Gasteiger charge is -2.01. The van der Waals surface area contributed by atoms with E-state index in [0.717, 1.165) is 6.54 Å². The lowest BCUT2D eigenvalue weighted by atomic mass is 10.1.